The Morgan fingerprint density at radius 2 is 1.71 bits per heavy atom. The van der Waals surface area contributed by atoms with Gasteiger partial charge in [0.1, 0.15) is 0 Å². The first kappa shape index (κ1) is 16.5. The van der Waals surface area contributed by atoms with Gasteiger partial charge in [-0.15, -0.1) is 0 Å². The molecule has 0 atom stereocenters. The van der Waals surface area contributed by atoms with Crippen molar-refractivity contribution in [3.05, 3.63) is 57.0 Å². The molecule has 0 saturated carbocycles. The number of rotatable bonds is 3. The number of benzene rings is 2. The molecule has 1 amide bonds. The number of hydrogen-bond donors (Lipinski definition) is 1. The molecular weight excluding hydrogens is 445 g/mol. The Labute approximate surface area is 143 Å². The third-order valence-electron chi connectivity index (χ3n) is 2.59. The molecule has 0 unspecified atom stereocenters. The molecule has 0 spiro atoms. The molecule has 0 aliphatic carbocycles. The Balaban J connectivity index is 2.29. The van der Waals surface area contributed by atoms with Gasteiger partial charge in [-0.05, 0) is 62.2 Å². The van der Waals surface area contributed by atoms with Crippen LogP contribution in [0.1, 0.15) is 10.4 Å². The average molecular weight is 454 g/mol. The molecule has 0 aromatic heterocycles. The molecule has 0 heterocycles. The predicted molar refractivity (Wildman–Crippen MR) is 89.3 cm³/mol. The Morgan fingerprint density at radius 3 is 2.29 bits per heavy atom. The van der Waals surface area contributed by atoms with Crippen LogP contribution < -0.4 is 5.32 Å². The average Bonchev–Trinajstić information content (AvgIpc) is 2.40. The molecule has 1 N–H and O–H groups in total. The Bertz CT molecular complexity index is 809. The second-order valence-electron chi connectivity index (χ2n) is 4.01. The highest BCUT2D eigenvalue weighted by Gasteiger charge is 2.15. The number of carbonyl (C=O) groups excluding carboxylic acids is 1. The van der Waals surface area contributed by atoms with Gasteiger partial charge in [0.2, 0.25) is 0 Å². The van der Waals surface area contributed by atoms with Crippen molar-refractivity contribution in [1.82, 2.24) is 0 Å². The van der Waals surface area contributed by atoms with Crippen molar-refractivity contribution >= 4 is 63.2 Å². The SMILES string of the molecule is O=C(Nc1ccc(S(=O)(=O)Cl)cc1Br)c1ccccc1Br. The highest BCUT2D eigenvalue weighted by molar-refractivity contribution is 9.11. The van der Waals surface area contributed by atoms with Gasteiger partial charge in [0.15, 0.2) is 0 Å². The van der Waals surface area contributed by atoms with E-state index in [9.17, 15) is 13.2 Å². The van der Waals surface area contributed by atoms with E-state index in [1.54, 1.807) is 24.3 Å². The lowest BCUT2D eigenvalue weighted by Gasteiger charge is -2.09. The molecule has 21 heavy (non-hydrogen) atoms. The van der Waals surface area contributed by atoms with Gasteiger partial charge in [0.25, 0.3) is 15.0 Å². The molecule has 2 aromatic carbocycles. The van der Waals surface area contributed by atoms with E-state index in [-0.39, 0.29) is 10.8 Å². The van der Waals surface area contributed by atoms with Crippen molar-refractivity contribution in [2.45, 2.75) is 4.90 Å². The van der Waals surface area contributed by atoms with Crippen molar-refractivity contribution in [2.75, 3.05) is 5.32 Å². The monoisotopic (exact) mass is 451 g/mol. The summed E-state index contributed by atoms with van der Waals surface area (Å²) in [7, 11) is 1.46. The predicted octanol–water partition coefficient (Wildman–Crippen LogP) is 4.39. The molecule has 2 aromatic rings. The molecule has 2 rings (SSSR count). The van der Waals surface area contributed by atoms with Crippen LogP contribution in [-0.4, -0.2) is 14.3 Å². The van der Waals surface area contributed by atoms with E-state index in [4.69, 9.17) is 10.7 Å². The highest BCUT2D eigenvalue weighted by Crippen LogP contribution is 2.28. The normalized spacial score (nSPS) is 11.2. The van der Waals surface area contributed by atoms with E-state index in [0.717, 1.165) is 0 Å². The molecule has 0 radical (unpaired) electrons. The summed E-state index contributed by atoms with van der Waals surface area (Å²) >= 11 is 6.51. The van der Waals surface area contributed by atoms with Gasteiger partial charge in [-0.25, -0.2) is 8.42 Å². The van der Waals surface area contributed by atoms with E-state index in [2.05, 4.69) is 37.2 Å². The van der Waals surface area contributed by atoms with E-state index in [0.29, 0.717) is 20.2 Å². The first-order chi connectivity index (χ1) is 9.79. The molecule has 0 saturated heterocycles. The van der Waals surface area contributed by atoms with Crippen LogP contribution in [0.15, 0.2) is 56.3 Å². The number of amides is 1. The summed E-state index contributed by atoms with van der Waals surface area (Å²) in [5, 5.41) is 2.69. The molecular formula is C13H8Br2ClNO3S. The second kappa shape index (κ2) is 6.48. The maximum atomic E-state index is 12.2. The standard InChI is InChI=1S/C13H8Br2ClNO3S/c14-10-4-2-1-3-9(10)13(18)17-12-6-5-8(7-11(12)15)21(16,19)20/h1-7H,(H,17,18). The lowest BCUT2D eigenvalue weighted by Crippen LogP contribution is -2.13. The molecule has 8 heteroatoms. The fourth-order valence-corrected chi connectivity index (χ4v) is 3.46. The van der Waals surface area contributed by atoms with Gasteiger partial charge in [-0.3, -0.25) is 4.79 Å². The lowest BCUT2D eigenvalue weighted by atomic mass is 10.2. The zero-order valence-electron chi connectivity index (χ0n) is 10.3. The smallest absolute Gasteiger partial charge is 0.261 e. The lowest BCUT2D eigenvalue weighted by molar-refractivity contribution is 0.102. The Hall–Kier alpha value is -0.890. The van der Waals surface area contributed by atoms with Crippen LogP contribution in [0.5, 0.6) is 0 Å². The number of hydrogen-bond acceptors (Lipinski definition) is 3. The first-order valence-corrected chi connectivity index (χ1v) is 9.48. The zero-order valence-corrected chi connectivity index (χ0v) is 15.1. The quantitative estimate of drug-likeness (QED) is 0.701. The maximum Gasteiger partial charge on any atom is 0.261 e. The number of nitrogens with one attached hydrogen (secondary N) is 1. The summed E-state index contributed by atoms with van der Waals surface area (Å²) < 4.78 is 23.6. The fraction of sp³-hybridized carbons (Fsp3) is 0. The summed E-state index contributed by atoms with van der Waals surface area (Å²) in [6.07, 6.45) is 0. The third kappa shape index (κ3) is 4.06. The summed E-state index contributed by atoms with van der Waals surface area (Å²) in [5.74, 6) is -0.315. The fourth-order valence-electron chi connectivity index (χ4n) is 1.58. The van der Waals surface area contributed by atoms with Crippen LogP contribution in [-0.2, 0) is 9.05 Å². The van der Waals surface area contributed by atoms with Crippen LogP contribution in [0.25, 0.3) is 0 Å². The number of anilines is 1. The van der Waals surface area contributed by atoms with E-state index in [1.807, 2.05) is 0 Å². The summed E-state index contributed by atoms with van der Waals surface area (Å²) in [5.41, 5.74) is 0.915. The topological polar surface area (TPSA) is 63.2 Å². The van der Waals surface area contributed by atoms with Gasteiger partial charge in [-0.1, -0.05) is 12.1 Å². The Kier molecular flexibility index (Phi) is 5.08. The van der Waals surface area contributed by atoms with Gasteiger partial charge in [0.05, 0.1) is 16.1 Å². The number of halogens is 3. The van der Waals surface area contributed by atoms with Crippen molar-refractivity contribution < 1.29 is 13.2 Å². The second-order valence-corrected chi connectivity index (χ2v) is 8.29. The summed E-state index contributed by atoms with van der Waals surface area (Å²) in [6.45, 7) is 0. The molecule has 4 nitrogen and oxygen atoms in total. The molecule has 0 aliphatic heterocycles. The summed E-state index contributed by atoms with van der Waals surface area (Å²) in [4.78, 5) is 12.1. The largest absolute Gasteiger partial charge is 0.321 e. The van der Waals surface area contributed by atoms with Crippen LogP contribution in [0.3, 0.4) is 0 Å². The van der Waals surface area contributed by atoms with Crippen LogP contribution in [0.2, 0.25) is 0 Å². The van der Waals surface area contributed by atoms with Gasteiger partial charge < -0.3 is 5.32 Å². The zero-order chi connectivity index (χ0) is 15.6. The van der Waals surface area contributed by atoms with Gasteiger partial charge >= 0.3 is 0 Å². The minimum atomic E-state index is -3.81. The molecule has 0 bridgehead atoms. The van der Waals surface area contributed by atoms with E-state index in [1.165, 1.54) is 18.2 Å². The van der Waals surface area contributed by atoms with Crippen molar-refractivity contribution in [1.29, 1.82) is 0 Å². The third-order valence-corrected chi connectivity index (χ3v) is 5.29. The van der Waals surface area contributed by atoms with Gasteiger partial charge in [0, 0.05) is 19.6 Å². The minimum Gasteiger partial charge on any atom is -0.321 e. The summed E-state index contributed by atoms with van der Waals surface area (Å²) in [6, 6.07) is 11.1. The number of carbonyl (C=O) groups is 1. The van der Waals surface area contributed by atoms with E-state index >= 15 is 0 Å². The van der Waals surface area contributed by atoms with E-state index < -0.39 is 9.05 Å². The molecule has 110 valence electrons. The maximum absolute atomic E-state index is 12.2. The van der Waals surface area contributed by atoms with Crippen molar-refractivity contribution in [2.24, 2.45) is 0 Å². The Morgan fingerprint density at radius 1 is 1.05 bits per heavy atom. The van der Waals surface area contributed by atoms with Crippen molar-refractivity contribution in [3.63, 3.8) is 0 Å². The molecule has 0 aliphatic rings. The minimum absolute atomic E-state index is 0.0464. The van der Waals surface area contributed by atoms with Crippen LogP contribution >= 0.6 is 42.5 Å². The van der Waals surface area contributed by atoms with Crippen molar-refractivity contribution in [3.8, 4) is 0 Å². The van der Waals surface area contributed by atoms with Crippen LogP contribution in [0, 0.1) is 0 Å². The first-order valence-electron chi connectivity index (χ1n) is 5.59. The van der Waals surface area contributed by atoms with Crippen LogP contribution in [0.4, 0.5) is 5.69 Å². The molecule has 0 fully saturated rings. The van der Waals surface area contributed by atoms with Gasteiger partial charge in [-0.2, -0.15) is 0 Å². The highest BCUT2D eigenvalue weighted by atomic mass is 79.9.